The van der Waals surface area contributed by atoms with Gasteiger partial charge >= 0.3 is 6.18 Å². The van der Waals surface area contributed by atoms with Crippen LogP contribution in [0.15, 0.2) is 39.6 Å². The molecule has 1 saturated heterocycles. The van der Waals surface area contributed by atoms with Crippen LogP contribution >= 0.6 is 15.9 Å². The summed E-state index contributed by atoms with van der Waals surface area (Å²) in [5, 5.41) is 12.5. The van der Waals surface area contributed by atoms with Gasteiger partial charge in [-0.2, -0.15) is 13.2 Å². The third-order valence-electron chi connectivity index (χ3n) is 5.45. The van der Waals surface area contributed by atoms with E-state index in [0.29, 0.717) is 33.0 Å². The van der Waals surface area contributed by atoms with Gasteiger partial charge < -0.3 is 20.5 Å². The molecule has 3 heterocycles. The maximum absolute atomic E-state index is 13.8. The molecule has 0 spiro atoms. The molecule has 11 heteroatoms. The minimum absolute atomic E-state index is 0.121. The Balaban J connectivity index is 1.77. The first kappa shape index (κ1) is 21.8. The van der Waals surface area contributed by atoms with E-state index in [-0.39, 0.29) is 11.8 Å². The first-order valence-electron chi connectivity index (χ1n) is 9.86. The molecule has 0 radical (unpaired) electrons. The Bertz CT molecular complexity index is 1060. The topological polar surface area (TPSA) is 82.5 Å². The average Bonchev–Trinajstić information content (AvgIpc) is 3.07. The molecule has 2 aliphatic heterocycles. The molecule has 2 aliphatic rings. The Labute approximate surface area is 185 Å². The second-order valence-corrected chi connectivity index (χ2v) is 8.34. The van der Waals surface area contributed by atoms with Crippen LogP contribution in [0.5, 0.6) is 0 Å². The lowest BCUT2D eigenvalue weighted by atomic mass is 10.0. The quantitative estimate of drug-likeness (QED) is 0.477. The maximum atomic E-state index is 13.8. The number of fused-ring (bicyclic) bond motifs is 1. The van der Waals surface area contributed by atoms with Gasteiger partial charge in [0.25, 0.3) is 0 Å². The SMILES string of the molecule is Cn1cc(C2=NC(NC3CCCNC3)NC=C2C(F)(F)F)c2ccc(NC=O)c(Br)c21. The molecule has 0 aliphatic carbocycles. The summed E-state index contributed by atoms with van der Waals surface area (Å²) in [6.07, 6.45) is -0.135. The fourth-order valence-electron chi connectivity index (χ4n) is 4.02. The van der Waals surface area contributed by atoms with Gasteiger partial charge in [0.15, 0.2) is 6.29 Å². The van der Waals surface area contributed by atoms with Crippen LogP contribution in [0.2, 0.25) is 0 Å². The van der Waals surface area contributed by atoms with Crippen molar-refractivity contribution in [2.24, 2.45) is 12.0 Å². The van der Waals surface area contributed by atoms with E-state index in [1.54, 1.807) is 29.9 Å². The van der Waals surface area contributed by atoms with Gasteiger partial charge in [-0.25, -0.2) is 4.99 Å². The van der Waals surface area contributed by atoms with E-state index in [1.165, 1.54) is 0 Å². The highest BCUT2D eigenvalue weighted by atomic mass is 79.9. The van der Waals surface area contributed by atoms with E-state index >= 15 is 0 Å². The lowest BCUT2D eigenvalue weighted by Crippen LogP contribution is -2.52. The average molecular weight is 499 g/mol. The number of hydrogen-bond acceptors (Lipinski definition) is 5. The molecule has 1 aromatic heterocycles. The zero-order chi connectivity index (χ0) is 22.2. The first-order valence-corrected chi connectivity index (χ1v) is 10.7. The van der Waals surface area contributed by atoms with Crippen LogP contribution in [0.1, 0.15) is 18.4 Å². The number of rotatable bonds is 5. The summed E-state index contributed by atoms with van der Waals surface area (Å²) in [5.41, 5.74) is 0.602. The predicted molar refractivity (Wildman–Crippen MR) is 117 cm³/mol. The van der Waals surface area contributed by atoms with Gasteiger partial charge in [0.2, 0.25) is 6.41 Å². The van der Waals surface area contributed by atoms with Crippen molar-refractivity contribution in [1.82, 2.24) is 20.5 Å². The second-order valence-electron chi connectivity index (χ2n) is 7.55. The Hall–Kier alpha value is -2.37. The molecule has 0 bridgehead atoms. The van der Waals surface area contributed by atoms with Crippen LogP contribution in [0, 0.1) is 0 Å². The maximum Gasteiger partial charge on any atom is 0.419 e. The van der Waals surface area contributed by atoms with Gasteiger partial charge in [-0.1, -0.05) is 0 Å². The smallest absolute Gasteiger partial charge is 0.357 e. The van der Waals surface area contributed by atoms with Crippen molar-refractivity contribution in [1.29, 1.82) is 0 Å². The number of hydrogen-bond donors (Lipinski definition) is 4. The molecule has 0 saturated carbocycles. The van der Waals surface area contributed by atoms with Crippen LogP contribution in [0.25, 0.3) is 10.9 Å². The van der Waals surface area contributed by atoms with E-state index in [9.17, 15) is 18.0 Å². The molecular weight excluding hydrogens is 477 g/mol. The highest BCUT2D eigenvalue weighted by Crippen LogP contribution is 2.37. The first-order chi connectivity index (χ1) is 14.8. The highest BCUT2D eigenvalue weighted by Gasteiger charge is 2.40. The van der Waals surface area contributed by atoms with Gasteiger partial charge in [-0.3, -0.25) is 10.1 Å². The second kappa shape index (κ2) is 8.64. The Morgan fingerprint density at radius 1 is 1.35 bits per heavy atom. The molecule has 2 atom stereocenters. The number of benzene rings is 1. The molecular formula is C20H22BrF3N6O. The zero-order valence-corrected chi connectivity index (χ0v) is 18.3. The van der Waals surface area contributed by atoms with Crippen molar-refractivity contribution in [3.05, 3.63) is 40.1 Å². The summed E-state index contributed by atoms with van der Waals surface area (Å²) in [7, 11) is 1.74. The number of allylic oxidation sites excluding steroid dienone is 1. The third-order valence-corrected chi connectivity index (χ3v) is 6.25. The van der Waals surface area contributed by atoms with Gasteiger partial charge in [-0.15, -0.1) is 0 Å². The summed E-state index contributed by atoms with van der Waals surface area (Å²) < 4.78 is 43.8. The van der Waals surface area contributed by atoms with Crippen molar-refractivity contribution < 1.29 is 18.0 Å². The molecule has 31 heavy (non-hydrogen) atoms. The Morgan fingerprint density at radius 2 is 2.16 bits per heavy atom. The van der Waals surface area contributed by atoms with Gasteiger partial charge in [0.1, 0.15) is 0 Å². The Kier molecular flexibility index (Phi) is 6.09. The van der Waals surface area contributed by atoms with Crippen molar-refractivity contribution >= 4 is 44.6 Å². The van der Waals surface area contributed by atoms with Crippen molar-refractivity contribution in [3.8, 4) is 0 Å². The van der Waals surface area contributed by atoms with Crippen LogP contribution in [-0.4, -0.2) is 48.3 Å². The fourth-order valence-corrected chi connectivity index (χ4v) is 4.76. The molecule has 4 rings (SSSR count). The van der Waals surface area contributed by atoms with E-state index in [0.717, 1.165) is 32.1 Å². The van der Waals surface area contributed by atoms with Gasteiger partial charge in [0.05, 0.1) is 27.0 Å². The monoisotopic (exact) mass is 498 g/mol. The molecule has 2 unspecified atom stereocenters. The number of nitrogens with one attached hydrogen (secondary N) is 4. The van der Waals surface area contributed by atoms with Crippen LogP contribution < -0.4 is 21.3 Å². The summed E-state index contributed by atoms with van der Waals surface area (Å²) in [6, 6.07) is 3.45. The number of aliphatic imine (C=N–C) groups is 1. The largest absolute Gasteiger partial charge is 0.419 e. The van der Waals surface area contributed by atoms with E-state index in [1.807, 2.05) is 0 Å². The lowest BCUT2D eigenvalue weighted by Gasteiger charge is -2.30. The number of piperidine rings is 1. The molecule has 7 nitrogen and oxygen atoms in total. The predicted octanol–water partition coefficient (Wildman–Crippen LogP) is 2.97. The van der Waals surface area contributed by atoms with Gasteiger partial charge in [0, 0.05) is 43.0 Å². The fraction of sp³-hybridized carbons (Fsp3) is 0.400. The number of alkyl halides is 3. The van der Waals surface area contributed by atoms with Gasteiger partial charge in [-0.05, 0) is 47.4 Å². The number of carbonyl (C=O) groups excluding carboxylic acids is 1. The molecule has 2 aromatic rings. The van der Waals surface area contributed by atoms with E-state index < -0.39 is 18.0 Å². The standard InChI is InChI=1S/C20H22BrF3N6O/c1-30-9-13(12-4-5-15(27-10-31)16(21)18(12)30)17-14(20(22,23)24)8-26-19(29-17)28-11-3-2-6-25-7-11/h4-5,8-11,19,25-26,28H,2-3,6-7H2,1H3,(H,27,31). The van der Waals surface area contributed by atoms with E-state index in [4.69, 9.17) is 0 Å². The number of amides is 1. The summed E-state index contributed by atoms with van der Waals surface area (Å²) in [6.45, 7) is 1.68. The minimum Gasteiger partial charge on any atom is -0.357 e. The Morgan fingerprint density at radius 3 is 2.84 bits per heavy atom. The lowest BCUT2D eigenvalue weighted by molar-refractivity contribution is -0.105. The molecule has 4 N–H and O–H groups in total. The zero-order valence-electron chi connectivity index (χ0n) is 16.7. The number of halogens is 4. The number of nitrogens with zero attached hydrogens (tertiary/aromatic N) is 2. The minimum atomic E-state index is -4.57. The number of aryl methyl sites for hydroxylation is 1. The summed E-state index contributed by atoms with van der Waals surface area (Å²) in [4.78, 5) is 15.3. The molecule has 1 amide bonds. The third kappa shape index (κ3) is 4.35. The number of aromatic nitrogens is 1. The summed E-state index contributed by atoms with van der Waals surface area (Å²) in [5.74, 6) is 0. The number of carbonyl (C=O) groups is 1. The van der Waals surface area contributed by atoms with Crippen molar-refractivity contribution in [2.45, 2.75) is 31.3 Å². The normalized spacial score (nSPS) is 22.0. The van der Waals surface area contributed by atoms with Crippen molar-refractivity contribution in [3.63, 3.8) is 0 Å². The van der Waals surface area contributed by atoms with Crippen LogP contribution in [-0.2, 0) is 11.8 Å². The van der Waals surface area contributed by atoms with Crippen molar-refractivity contribution in [2.75, 3.05) is 18.4 Å². The molecule has 1 aromatic carbocycles. The molecule has 166 valence electrons. The number of anilines is 1. The summed E-state index contributed by atoms with van der Waals surface area (Å²) >= 11 is 3.45. The molecule has 1 fully saturated rings. The van der Waals surface area contributed by atoms with Crippen LogP contribution in [0.3, 0.4) is 0 Å². The van der Waals surface area contributed by atoms with Crippen LogP contribution in [0.4, 0.5) is 18.9 Å². The van der Waals surface area contributed by atoms with E-state index in [2.05, 4.69) is 42.2 Å². The highest BCUT2D eigenvalue weighted by molar-refractivity contribution is 9.10.